The van der Waals surface area contributed by atoms with Gasteiger partial charge in [-0.15, -0.1) is 0 Å². The van der Waals surface area contributed by atoms with E-state index >= 15 is 0 Å². The van der Waals surface area contributed by atoms with Gasteiger partial charge in [-0.2, -0.15) is 0 Å². The fourth-order valence-electron chi connectivity index (χ4n) is 2.15. The first kappa shape index (κ1) is 12.5. The maximum absolute atomic E-state index is 11.0. The topological polar surface area (TPSA) is 72.6 Å². The molecule has 1 unspecified atom stereocenters. The molecule has 1 heterocycles. The highest BCUT2D eigenvalue weighted by atomic mass is 16.5. The molecule has 0 aromatic heterocycles. The number of carbonyl (C=O) groups is 1. The Balaban J connectivity index is 2.86. The van der Waals surface area contributed by atoms with Crippen LogP contribution < -0.4 is 5.73 Å². The molecule has 15 heavy (non-hydrogen) atoms. The Hall–Kier alpha value is -0.610. The molecule has 0 radical (unpaired) electrons. The normalized spacial score (nSPS) is 23.5. The van der Waals surface area contributed by atoms with Crippen molar-refractivity contribution in [3.05, 3.63) is 0 Å². The number of carboxylic acids is 1. The second-order valence-electron chi connectivity index (χ2n) is 5.21. The number of aliphatic carboxylic acids is 1. The van der Waals surface area contributed by atoms with E-state index in [2.05, 4.69) is 6.92 Å². The van der Waals surface area contributed by atoms with Crippen LogP contribution in [0.25, 0.3) is 0 Å². The van der Waals surface area contributed by atoms with Crippen LogP contribution in [-0.4, -0.2) is 30.3 Å². The van der Waals surface area contributed by atoms with Gasteiger partial charge in [0.1, 0.15) is 6.04 Å². The predicted octanol–water partition coefficient (Wildman–Crippen LogP) is 1.24. The summed E-state index contributed by atoms with van der Waals surface area (Å²) >= 11 is 0. The van der Waals surface area contributed by atoms with E-state index in [4.69, 9.17) is 15.6 Å². The maximum Gasteiger partial charge on any atom is 0.321 e. The third-order valence-electron chi connectivity index (χ3n) is 4.20. The lowest BCUT2D eigenvalue weighted by Gasteiger charge is -2.48. The summed E-state index contributed by atoms with van der Waals surface area (Å²) < 4.78 is 5.31. The Bertz CT molecular complexity index is 244. The zero-order valence-corrected chi connectivity index (χ0v) is 9.75. The summed E-state index contributed by atoms with van der Waals surface area (Å²) in [6.45, 7) is 7.39. The second kappa shape index (κ2) is 4.10. The van der Waals surface area contributed by atoms with Crippen molar-refractivity contribution in [3.63, 3.8) is 0 Å². The Morgan fingerprint density at radius 3 is 2.33 bits per heavy atom. The van der Waals surface area contributed by atoms with Crippen molar-refractivity contribution in [1.82, 2.24) is 0 Å². The summed E-state index contributed by atoms with van der Waals surface area (Å²) in [4.78, 5) is 11.0. The van der Waals surface area contributed by atoms with E-state index in [-0.39, 0.29) is 5.41 Å². The van der Waals surface area contributed by atoms with E-state index < -0.39 is 17.4 Å². The first-order chi connectivity index (χ1) is 6.81. The molecule has 0 spiro atoms. The van der Waals surface area contributed by atoms with E-state index in [9.17, 15) is 4.79 Å². The molecule has 3 N–H and O–H groups in total. The molecule has 88 valence electrons. The minimum absolute atomic E-state index is 0.0525. The number of hydrogen-bond acceptors (Lipinski definition) is 3. The largest absolute Gasteiger partial charge is 0.480 e. The third kappa shape index (κ3) is 2.16. The van der Waals surface area contributed by atoms with Gasteiger partial charge in [-0.25, -0.2) is 0 Å². The van der Waals surface area contributed by atoms with Crippen molar-refractivity contribution < 1.29 is 14.6 Å². The maximum atomic E-state index is 11.0. The fourth-order valence-corrected chi connectivity index (χ4v) is 2.15. The van der Waals surface area contributed by atoms with Gasteiger partial charge in [0.2, 0.25) is 0 Å². The SMILES string of the molecule is CC1(C(C)(C)C(N)C(=O)O)CCOCC1. The zero-order valence-electron chi connectivity index (χ0n) is 9.75. The highest BCUT2D eigenvalue weighted by Crippen LogP contribution is 2.47. The lowest BCUT2D eigenvalue weighted by atomic mass is 9.59. The number of hydrogen-bond donors (Lipinski definition) is 2. The van der Waals surface area contributed by atoms with Gasteiger partial charge in [-0.05, 0) is 23.7 Å². The molecule has 0 bridgehead atoms. The van der Waals surface area contributed by atoms with Gasteiger partial charge in [0.05, 0.1) is 0 Å². The number of nitrogens with two attached hydrogens (primary N) is 1. The van der Waals surface area contributed by atoms with Crippen LogP contribution in [0.1, 0.15) is 33.6 Å². The van der Waals surface area contributed by atoms with Gasteiger partial charge < -0.3 is 15.6 Å². The molecular weight excluding hydrogens is 194 g/mol. The van der Waals surface area contributed by atoms with E-state index in [1.54, 1.807) is 0 Å². The van der Waals surface area contributed by atoms with Crippen LogP contribution in [0.2, 0.25) is 0 Å². The zero-order chi connectivity index (χ0) is 11.7. The molecule has 4 heteroatoms. The molecular formula is C11H21NO3. The molecule has 0 aromatic rings. The Morgan fingerprint density at radius 1 is 1.47 bits per heavy atom. The van der Waals surface area contributed by atoms with Crippen LogP contribution in [-0.2, 0) is 9.53 Å². The molecule has 4 nitrogen and oxygen atoms in total. The van der Waals surface area contributed by atoms with Crippen LogP contribution >= 0.6 is 0 Å². The van der Waals surface area contributed by atoms with Crippen LogP contribution in [0.5, 0.6) is 0 Å². The lowest BCUT2D eigenvalue weighted by Crippen LogP contribution is -2.54. The highest BCUT2D eigenvalue weighted by Gasteiger charge is 2.48. The van der Waals surface area contributed by atoms with Crippen molar-refractivity contribution >= 4 is 5.97 Å². The smallest absolute Gasteiger partial charge is 0.321 e. The Morgan fingerprint density at radius 2 is 1.93 bits per heavy atom. The van der Waals surface area contributed by atoms with Crippen molar-refractivity contribution in [1.29, 1.82) is 0 Å². The van der Waals surface area contributed by atoms with Crippen molar-refractivity contribution in [2.75, 3.05) is 13.2 Å². The van der Waals surface area contributed by atoms with Crippen molar-refractivity contribution in [2.24, 2.45) is 16.6 Å². The van der Waals surface area contributed by atoms with Crippen LogP contribution in [0, 0.1) is 10.8 Å². The van der Waals surface area contributed by atoms with E-state index in [1.807, 2.05) is 13.8 Å². The lowest BCUT2D eigenvalue weighted by molar-refractivity contribution is -0.146. The standard InChI is InChI=1S/C11H21NO3/c1-10(2,8(12)9(13)14)11(3)4-6-15-7-5-11/h8H,4-7,12H2,1-3H3,(H,13,14). The summed E-state index contributed by atoms with van der Waals surface area (Å²) in [5, 5.41) is 9.01. The van der Waals surface area contributed by atoms with Crippen molar-refractivity contribution in [3.8, 4) is 0 Å². The van der Waals surface area contributed by atoms with Gasteiger partial charge >= 0.3 is 5.97 Å². The van der Waals surface area contributed by atoms with Gasteiger partial charge in [0, 0.05) is 13.2 Å². The van der Waals surface area contributed by atoms with Crippen LogP contribution in [0.4, 0.5) is 0 Å². The number of ether oxygens (including phenoxy) is 1. The molecule has 1 aliphatic rings. The van der Waals surface area contributed by atoms with Crippen molar-refractivity contribution in [2.45, 2.75) is 39.7 Å². The molecule has 1 atom stereocenters. The minimum atomic E-state index is -0.923. The molecule has 0 aliphatic carbocycles. The minimum Gasteiger partial charge on any atom is -0.480 e. The summed E-state index contributed by atoms with van der Waals surface area (Å²) in [5.41, 5.74) is 5.30. The van der Waals surface area contributed by atoms with Crippen LogP contribution in [0.3, 0.4) is 0 Å². The van der Waals surface area contributed by atoms with E-state index in [1.165, 1.54) is 0 Å². The third-order valence-corrected chi connectivity index (χ3v) is 4.20. The molecule has 1 aliphatic heterocycles. The second-order valence-corrected chi connectivity index (χ2v) is 5.21. The number of carboxylic acid groups (broad SMARTS) is 1. The predicted molar refractivity (Wildman–Crippen MR) is 57.6 cm³/mol. The monoisotopic (exact) mass is 215 g/mol. The fraction of sp³-hybridized carbons (Fsp3) is 0.909. The summed E-state index contributed by atoms with van der Waals surface area (Å²) in [6, 6.07) is -0.819. The molecule has 0 amide bonds. The molecule has 0 aromatic carbocycles. The first-order valence-electron chi connectivity index (χ1n) is 5.37. The quantitative estimate of drug-likeness (QED) is 0.743. The summed E-state index contributed by atoms with van der Waals surface area (Å²) in [6.07, 6.45) is 1.75. The molecule has 1 saturated heterocycles. The van der Waals surface area contributed by atoms with E-state index in [0.717, 1.165) is 12.8 Å². The Kier molecular flexibility index (Phi) is 3.41. The molecule has 0 saturated carbocycles. The van der Waals surface area contributed by atoms with Gasteiger partial charge in [0.15, 0.2) is 0 Å². The summed E-state index contributed by atoms with van der Waals surface area (Å²) in [7, 11) is 0. The van der Waals surface area contributed by atoms with Gasteiger partial charge in [-0.1, -0.05) is 20.8 Å². The average Bonchev–Trinajstić information content (AvgIpc) is 2.17. The Labute approximate surface area is 90.8 Å². The van der Waals surface area contributed by atoms with Gasteiger partial charge in [0.25, 0.3) is 0 Å². The van der Waals surface area contributed by atoms with E-state index in [0.29, 0.717) is 13.2 Å². The first-order valence-corrected chi connectivity index (χ1v) is 5.37. The molecule has 1 rings (SSSR count). The summed E-state index contributed by atoms with van der Waals surface area (Å²) in [5.74, 6) is -0.923. The number of rotatable bonds is 3. The van der Waals surface area contributed by atoms with Gasteiger partial charge in [-0.3, -0.25) is 4.79 Å². The molecule has 1 fully saturated rings. The average molecular weight is 215 g/mol. The van der Waals surface area contributed by atoms with Crippen LogP contribution in [0.15, 0.2) is 0 Å². The highest BCUT2D eigenvalue weighted by molar-refractivity contribution is 5.74.